The maximum absolute atomic E-state index is 9.65. The first kappa shape index (κ1) is 21.3. The van der Waals surface area contributed by atoms with Crippen LogP contribution in [0.3, 0.4) is 0 Å². The maximum atomic E-state index is 9.65. The Morgan fingerprint density at radius 2 is 2.03 bits per heavy atom. The molecule has 1 aromatic heterocycles. The van der Waals surface area contributed by atoms with Crippen LogP contribution >= 0.6 is 23.2 Å². The summed E-state index contributed by atoms with van der Waals surface area (Å²) in [5.74, 6) is 0. The molecule has 1 saturated heterocycles. The van der Waals surface area contributed by atoms with Crippen molar-refractivity contribution in [3.05, 3.63) is 70.2 Å². The van der Waals surface area contributed by atoms with E-state index in [4.69, 9.17) is 32.7 Å². The van der Waals surface area contributed by atoms with Crippen molar-refractivity contribution in [2.45, 2.75) is 38.6 Å². The van der Waals surface area contributed by atoms with Crippen LogP contribution in [0.15, 0.2) is 49.1 Å². The standard InChI is InChI=1S/C23H24Cl2N2O3/c24-18-6-7-19(20(25)13-18)22-16(8-11-28)4-5-17(23(22)27-10-9-26-15-27)14-30-21-3-1-2-12-29-21/h4-7,9-10,13,15,21,28H,1-3,8,11-12,14H2. The van der Waals surface area contributed by atoms with Crippen molar-refractivity contribution in [2.24, 2.45) is 0 Å². The SMILES string of the molecule is OCCc1ccc(COC2CCCCO2)c(-n2ccnc2)c1-c1ccc(Cl)cc1Cl. The summed E-state index contributed by atoms with van der Waals surface area (Å²) >= 11 is 12.7. The van der Waals surface area contributed by atoms with Gasteiger partial charge >= 0.3 is 0 Å². The van der Waals surface area contributed by atoms with Gasteiger partial charge in [-0.05, 0) is 43.4 Å². The molecule has 1 aliphatic heterocycles. The van der Waals surface area contributed by atoms with Crippen LogP contribution in [-0.2, 0) is 22.5 Å². The molecule has 158 valence electrons. The van der Waals surface area contributed by atoms with E-state index in [-0.39, 0.29) is 12.9 Å². The number of aromatic nitrogens is 2. The number of halogens is 2. The summed E-state index contributed by atoms with van der Waals surface area (Å²) in [6.07, 6.45) is 8.80. The molecule has 30 heavy (non-hydrogen) atoms. The number of aliphatic hydroxyl groups is 1. The van der Waals surface area contributed by atoms with Crippen molar-refractivity contribution in [3.8, 4) is 16.8 Å². The molecule has 2 aromatic carbocycles. The van der Waals surface area contributed by atoms with Gasteiger partial charge in [0.15, 0.2) is 6.29 Å². The molecule has 1 fully saturated rings. The molecule has 0 amide bonds. The lowest BCUT2D eigenvalue weighted by atomic mass is 9.93. The van der Waals surface area contributed by atoms with Gasteiger partial charge in [0, 0.05) is 52.3 Å². The van der Waals surface area contributed by atoms with Crippen molar-refractivity contribution < 1.29 is 14.6 Å². The minimum absolute atomic E-state index is 0.0351. The van der Waals surface area contributed by atoms with E-state index in [1.54, 1.807) is 18.6 Å². The number of nitrogens with zero attached hydrogens (tertiary/aromatic N) is 2. The van der Waals surface area contributed by atoms with E-state index >= 15 is 0 Å². The monoisotopic (exact) mass is 446 g/mol. The number of aliphatic hydroxyl groups excluding tert-OH is 1. The van der Waals surface area contributed by atoms with Gasteiger partial charge in [0.25, 0.3) is 0 Å². The predicted octanol–water partition coefficient (Wildman–Crippen LogP) is 5.42. The second-order valence-corrected chi connectivity index (χ2v) is 8.13. The largest absolute Gasteiger partial charge is 0.396 e. The fraction of sp³-hybridized carbons (Fsp3) is 0.348. The van der Waals surface area contributed by atoms with E-state index in [0.29, 0.717) is 23.1 Å². The number of hydrogen-bond acceptors (Lipinski definition) is 4. The number of imidazole rings is 1. The second kappa shape index (κ2) is 9.94. The third-order valence-electron chi connectivity index (χ3n) is 5.25. The summed E-state index contributed by atoms with van der Waals surface area (Å²) in [4.78, 5) is 4.23. The van der Waals surface area contributed by atoms with Crippen LogP contribution in [0.4, 0.5) is 0 Å². The average Bonchev–Trinajstić information content (AvgIpc) is 3.28. The van der Waals surface area contributed by atoms with Gasteiger partial charge in [0.1, 0.15) is 0 Å². The molecule has 5 nitrogen and oxygen atoms in total. The molecule has 4 rings (SSSR count). The van der Waals surface area contributed by atoms with E-state index in [0.717, 1.165) is 53.8 Å². The Kier molecular flexibility index (Phi) is 7.08. The summed E-state index contributed by atoms with van der Waals surface area (Å²) in [5.41, 5.74) is 4.70. The lowest BCUT2D eigenvalue weighted by molar-refractivity contribution is -0.168. The fourth-order valence-electron chi connectivity index (χ4n) is 3.83. The van der Waals surface area contributed by atoms with Gasteiger partial charge in [-0.3, -0.25) is 0 Å². The van der Waals surface area contributed by atoms with Gasteiger partial charge in [-0.15, -0.1) is 0 Å². The third kappa shape index (κ3) is 4.71. The lowest BCUT2D eigenvalue weighted by Crippen LogP contribution is -2.22. The Morgan fingerprint density at radius 3 is 2.73 bits per heavy atom. The maximum Gasteiger partial charge on any atom is 0.158 e. The minimum Gasteiger partial charge on any atom is -0.396 e. The molecule has 0 radical (unpaired) electrons. The van der Waals surface area contributed by atoms with Gasteiger partial charge in [-0.1, -0.05) is 41.4 Å². The molecule has 0 saturated carbocycles. The Labute approximate surface area is 186 Å². The zero-order valence-electron chi connectivity index (χ0n) is 16.6. The Hall–Kier alpha value is -1.89. The lowest BCUT2D eigenvalue weighted by Gasteiger charge is -2.25. The molecule has 7 heteroatoms. The van der Waals surface area contributed by atoms with E-state index in [2.05, 4.69) is 4.98 Å². The predicted molar refractivity (Wildman–Crippen MR) is 118 cm³/mol. The van der Waals surface area contributed by atoms with Crippen molar-refractivity contribution >= 4 is 23.2 Å². The quantitative estimate of drug-likeness (QED) is 0.525. The van der Waals surface area contributed by atoms with Crippen LogP contribution in [0.2, 0.25) is 10.0 Å². The Bertz CT molecular complexity index is 986. The normalized spacial score (nSPS) is 16.7. The highest BCUT2D eigenvalue weighted by molar-refractivity contribution is 6.36. The van der Waals surface area contributed by atoms with Gasteiger partial charge < -0.3 is 19.1 Å². The summed E-state index contributed by atoms with van der Waals surface area (Å²) in [6, 6.07) is 9.53. The molecular formula is C23H24Cl2N2O3. The van der Waals surface area contributed by atoms with E-state index in [1.165, 1.54) is 0 Å². The molecule has 3 aromatic rings. The highest BCUT2D eigenvalue weighted by atomic mass is 35.5. The molecule has 1 atom stereocenters. The van der Waals surface area contributed by atoms with Crippen molar-refractivity contribution in [2.75, 3.05) is 13.2 Å². The zero-order valence-corrected chi connectivity index (χ0v) is 18.1. The van der Waals surface area contributed by atoms with Crippen LogP contribution in [0.25, 0.3) is 16.8 Å². The van der Waals surface area contributed by atoms with E-state index < -0.39 is 0 Å². The first-order valence-corrected chi connectivity index (χ1v) is 10.9. The number of hydrogen-bond donors (Lipinski definition) is 1. The highest BCUT2D eigenvalue weighted by Gasteiger charge is 2.21. The summed E-state index contributed by atoms with van der Waals surface area (Å²) in [7, 11) is 0. The van der Waals surface area contributed by atoms with Crippen molar-refractivity contribution in [3.63, 3.8) is 0 Å². The van der Waals surface area contributed by atoms with Crippen molar-refractivity contribution in [1.82, 2.24) is 9.55 Å². The Morgan fingerprint density at radius 1 is 1.17 bits per heavy atom. The van der Waals surface area contributed by atoms with E-state index in [9.17, 15) is 5.11 Å². The first-order valence-electron chi connectivity index (χ1n) is 10.1. The second-order valence-electron chi connectivity index (χ2n) is 7.28. The average molecular weight is 447 g/mol. The third-order valence-corrected chi connectivity index (χ3v) is 5.80. The highest BCUT2D eigenvalue weighted by Crippen LogP contribution is 2.39. The molecule has 2 heterocycles. The fourth-order valence-corrected chi connectivity index (χ4v) is 4.33. The summed E-state index contributed by atoms with van der Waals surface area (Å²) in [6.45, 7) is 1.17. The molecule has 1 unspecified atom stereocenters. The van der Waals surface area contributed by atoms with E-state index in [1.807, 2.05) is 35.0 Å². The summed E-state index contributed by atoms with van der Waals surface area (Å²) in [5, 5.41) is 10.8. The van der Waals surface area contributed by atoms with Gasteiger partial charge in [-0.2, -0.15) is 0 Å². The van der Waals surface area contributed by atoms with Gasteiger partial charge in [0.05, 0.1) is 18.6 Å². The van der Waals surface area contributed by atoms with Crippen LogP contribution in [0.5, 0.6) is 0 Å². The summed E-state index contributed by atoms with van der Waals surface area (Å²) < 4.78 is 13.8. The zero-order chi connectivity index (χ0) is 20.9. The van der Waals surface area contributed by atoms with Gasteiger partial charge in [0.2, 0.25) is 0 Å². The van der Waals surface area contributed by atoms with Crippen LogP contribution in [-0.4, -0.2) is 34.2 Å². The van der Waals surface area contributed by atoms with Crippen LogP contribution < -0.4 is 0 Å². The number of benzene rings is 2. The van der Waals surface area contributed by atoms with Crippen molar-refractivity contribution in [1.29, 1.82) is 0 Å². The van der Waals surface area contributed by atoms with Crippen LogP contribution in [0, 0.1) is 0 Å². The number of rotatable bonds is 7. The number of ether oxygens (including phenoxy) is 2. The topological polar surface area (TPSA) is 56.5 Å². The smallest absolute Gasteiger partial charge is 0.158 e. The molecule has 1 N–H and O–H groups in total. The minimum atomic E-state index is -0.186. The van der Waals surface area contributed by atoms with Crippen LogP contribution in [0.1, 0.15) is 30.4 Å². The molecule has 0 bridgehead atoms. The van der Waals surface area contributed by atoms with Gasteiger partial charge in [-0.25, -0.2) is 4.98 Å². The molecular weight excluding hydrogens is 423 g/mol. The molecule has 0 spiro atoms. The molecule has 0 aliphatic carbocycles. The Balaban J connectivity index is 1.82. The first-order chi connectivity index (χ1) is 14.7. The molecule has 1 aliphatic rings.